The largest absolute Gasteiger partial charge is 0.480 e. The number of unbranched alkanes of at least 4 members (excludes halogenated alkanes) is 11. The van der Waals surface area contributed by atoms with Gasteiger partial charge in [-0.25, -0.2) is 4.79 Å². The van der Waals surface area contributed by atoms with E-state index in [1.54, 1.807) is 6.92 Å². The van der Waals surface area contributed by atoms with Crippen LogP contribution in [0.1, 0.15) is 124 Å². The van der Waals surface area contributed by atoms with Crippen LogP contribution in [0, 0.1) is 5.92 Å². The zero-order valence-corrected chi connectivity index (χ0v) is 22.4. The fourth-order valence-corrected chi connectivity index (χ4v) is 3.97. The Morgan fingerprint density at radius 2 is 1.21 bits per heavy atom. The Morgan fingerprint density at radius 3 is 1.68 bits per heavy atom. The predicted octanol–water partition coefficient (Wildman–Crippen LogP) is 5.18. The first kappa shape index (κ1) is 32.4. The number of hydrogen-bond donors (Lipinski definition) is 4. The molecule has 0 aliphatic heterocycles. The number of amides is 2. The summed E-state index contributed by atoms with van der Waals surface area (Å²) < 4.78 is 0. The summed E-state index contributed by atoms with van der Waals surface area (Å²) >= 11 is 0. The fraction of sp³-hybridized carbons (Fsp3) is 0.889. The molecule has 0 bridgehead atoms. The van der Waals surface area contributed by atoms with Crippen molar-refractivity contribution < 1.29 is 19.5 Å². The third-order valence-electron chi connectivity index (χ3n) is 6.25. The number of carboxylic acids is 1. The number of carboxylic acid groups (broad SMARTS) is 1. The Bertz CT molecular complexity index is 540. The lowest BCUT2D eigenvalue weighted by atomic mass is 10.0. The van der Waals surface area contributed by atoms with Crippen molar-refractivity contribution in [3.8, 4) is 0 Å². The molecule has 0 aliphatic rings. The van der Waals surface area contributed by atoms with Gasteiger partial charge in [0.25, 0.3) is 0 Å². The summed E-state index contributed by atoms with van der Waals surface area (Å²) in [4.78, 5) is 35.8. The second-order valence-electron chi connectivity index (χ2n) is 9.84. The van der Waals surface area contributed by atoms with Crippen molar-refractivity contribution in [3.05, 3.63) is 0 Å². The van der Waals surface area contributed by atoms with Crippen LogP contribution in [0.3, 0.4) is 0 Å². The average Bonchev–Trinajstić information content (AvgIpc) is 2.80. The lowest BCUT2D eigenvalue weighted by Crippen LogP contribution is -2.53. The first-order chi connectivity index (χ1) is 16.3. The second kappa shape index (κ2) is 21.9. The molecule has 0 aromatic heterocycles. The van der Waals surface area contributed by atoms with Crippen LogP contribution >= 0.6 is 0 Å². The minimum Gasteiger partial charge on any atom is -0.480 e. The van der Waals surface area contributed by atoms with Gasteiger partial charge in [0.1, 0.15) is 12.1 Å². The van der Waals surface area contributed by atoms with E-state index in [2.05, 4.69) is 22.9 Å². The molecule has 0 saturated carbocycles. The van der Waals surface area contributed by atoms with Crippen LogP contribution in [-0.4, -0.2) is 48.1 Å². The van der Waals surface area contributed by atoms with Crippen molar-refractivity contribution in [2.45, 2.75) is 136 Å². The Labute approximate surface area is 208 Å². The van der Waals surface area contributed by atoms with Crippen molar-refractivity contribution in [1.82, 2.24) is 16.0 Å². The van der Waals surface area contributed by atoms with Gasteiger partial charge in [-0.05, 0) is 38.3 Å². The van der Waals surface area contributed by atoms with Crippen LogP contribution in [0.25, 0.3) is 0 Å². The van der Waals surface area contributed by atoms with Gasteiger partial charge in [-0.1, -0.05) is 98.3 Å². The summed E-state index contributed by atoms with van der Waals surface area (Å²) in [7, 11) is 0. The summed E-state index contributed by atoms with van der Waals surface area (Å²) in [6, 6.07) is -1.66. The molecule has 7 heteroatoms. The number of carbonyl (C=O) groups is 3. The highest BCUT2D eigenvalue weighted by molar-refractivity contribution is 5.90. The van der Waals surface area contributed by atoms with Crippen molar-refractivity contribution >= 4 is 17.8 Å². The number of aliphatic carboxylic acids is 1. The third-order valence-corrected chi connectivity index (χ3v) is 6.25. The molecule has 7 nitrogen and oxygen atoms in total. The standard InChI is InChI=1S/C27H53N3O4/c1-5-7-8-9-10-11-12-13-14-15-16-17-20-28-21-18-19-24(31)30-25(22(3)4)26(32)29-23(6-2)27(33)34/h22-23,25,28H,5-21H2,1-4H3,(H,29,32)(H,30,31)(H,33,34)/t23?,25-/m0/s1. The van der Waals surface area contributed by atoms with Crippen LogP contribution in [0.4, 0.5) is 0 Å². The zero-order valence-electron chi connectivity index (χ0n) is 22.4. The van der Waals surface area contributed by atoms with E-state index >= 15 is 0 Å². The van der Waals surface area contributed by atoms with E-state index < -0.39 is 24.0 Å². The molecule has 34 heavy (non-hydrogen) atoms. The van der Waals surface area contributed by atoms with E-state index in [9.17, 15) is 14.4 Å². The lowest BCUT2D eigenvalue weighted by Gasteiger charge is -2.23. The molecule has 2 amide bonds. The first-order valence-corrected chi connectivity index (χ1v) is 13.9. The molecule has 0 rings (SSSR count). The molecule has 0 aliphatic carbocycles. The first-order valence-electron chi connectivity index (χ1n) is 13.9. The van der Waals surface area contributed by atoms with Crippen LogP contribution in [0.15, 0.2) is 0 Å². The zero-order chi connectivity index (χ0) is 25.6. The van der Waals surface area contributed by atoms with E-state index in [-0.39, 0.29) is 11.8 Å². The lowest BCUT2D eigenvalue weighted by molar-refractivity contribution is -0.142. The molecule has 200 valence electrons. The molecule has 0 fully saturated rings. The highest BCUT2D eigenvalue weighted by atomic mass is 16.4. The third kappa shape index (κ3) is 17.8. The van der Waals surface area contributed by atoms with E-state index in [4.69, 9.17) is 5.11 Å². The summed E-state index contributed by atoms with van der Waals surface area (Å²) in [6.45, 7) is 9.39. The summed E-state index contributed by atoms with van der Waals surface area (Å²) in [5.41, 5.74) is 0. The number of nitrogens with one attached hydrogen (secondary N) is 3. The van der Waals surface area contributed by atoms with Crippen molar-refractivity contribution in [1.29, 1.82) is 0 Å². The average molecular weight is 484 g/mol. The monoisotopic (exact) mass is 483 g/mol. The topological polar surface area (TPSA) is 108 Å². The fourth-order valence-electron chi connectivity index (χ4n) is 3.97. The maximum atomic E-state index is 12.4. The molecular formula is C27H53N3O4. The van der Waals surface area contributed by atoms with Crippen LogP contribution in [-0.2, 0) is 14.4 Å². The van der Waals surface area contributed by atoms with E-state index in [1.165, 1.54) is 77.0 Å². The van der Waals surface area contributed by atoms with Crippen LogP contribution in [0.2, 0.25) is 0 Å². The molecular weight excluding hydrogens is 430 g/mol. The predicted molar refractivity (Wildman–Crippen MR) is 140 cm³/mol. The quantitative estimate of drug-likeness (QED) is 0.150. The summed E-state index contributed by atoms with van der Waals surface area (Å²) in [5.74, 6) is -1.81. The van der Waals surface area contributed by atoms with Crippen molar-refractivity contribution in [2.24, 2.45) is 5.92 Å². The van der Waals surface area contributed by atoms with E-state index in [0.29, 0.717) is 19.3 Å². The number of rotatable bonds is 23. The Kier molecular flexibility index (Phi) is 20.8. The SMILES string of the molecule is CCCCCCCCCCCCCCNCCCC(=O)N[C@H](C(=O)NC(CC)C(=O)O)C(C)C. The summed E-state index contributed by atoms with van der Waals surface area (Å²) in [6.07, 6.45) is 17.5. The maximum absolute atomic E-state index is 12.4. The minimum absolute atomic E-state index is 0.126. The Morgan fingerprint density at radius 1 is 0.706 bits per heavy atom. The van der Waals surface area contributed by atoms with Crippen molar-refractivity contribution in [2.75, 3.05) is 13.1 Å². The van der Waals surface area contributed by atoms with Gasteiger partial charge in [0.05, 0.1) is 0 Å². The van der Waals surface area contributed by atoms with Gasteiger partial charge in [-0.3, -0.25) is 9.59 Å². The van der Waals surface area contributed by atoms with Gasteiger partial charge in [0.2, 0.25) is 11.8 Å². The normalized spacial score (nSPS) is 13.0. The van der Waals surface area contributed by atoms with Gasteiger partial charge >= 0.3 is 5.97 Å². The smallest absolute Gasteiger partial charge is 0.326 e. The molecule has 0 aromatic rings. The van der Waals surface area contributed by atoms with Gasteiger partial charge < -0.3 is 21.1 Å². The second-order valence-corrected chi connectivity index (χ2v) is 9.84. The number of carbonyl (C=O) groups excluding carboxylic acids is 2. The molecule has 0 saturated heterocycles. The Hall–Kier alpha value is -1.63. The molecule has 2 atom stereocenters. The van der Waals surface area contributed by atoms with Gasteiger partial charge in [0, 0.05) is 6.42 Å². The van der Waals surface area contributed by atoms with Crippen LogP contribution < -0.4 is 16.0 Å². The van der Waals surface area contributed by atoms with Crippen LogP contribution in [0.5, 0.6) is 0 Å². The Balaban J connectivity index is 3.75. The molecule has 4 N–H and O–H groups in total. The van der Waals surface area contributed by atoms with Gasteiger partial charge in [-0.2, -0.15) is 0 Å². The maximum Gasteiger partial charge on any atom is 0.326 e. The van der Waals surface area contributed by atoms with Gasteiger partial charge in [-0.15, -0.1) is 0 Å². The highest BCUT2D eigenvalue weighted by Gasteiger charge is 2.27. The molecule has 0 spiro atoms. The highest BCUT2D eigenvalue weighted by Crippen LogP contribution is 2.11. The molecule has 0 radical (unpaired) electrons. The van der Waals surface area contributed by atoms with Gasteiger partial charge in [0.15, 0.2) is 0 Å². The molecule has 0 heterocycles. The number of hydrogen-bond acceptors (Lipinski definition) is 4. The van der Waals surface area contributed by atoms with Crippen molar-refractivity contribution in [3.63, 3.8) is 0 Å². The molecule has 0 aromatic carbocycles. The molecule has 1 unspecified atom stereocenters. The summed E-state index contributed by atoms with van der Waals surface area (Å²) in [5, 5.41) is 17.8. The van der Waals surface area contributed by atoms with E-state index in [1.807, 2.05) is 13.8 Å². The van der Waals surface area contributed by atoms with E-state index in [0.717, 1.165) is 13.1 Å². The minimum atomic E-state index is -1.07.